The minimum Gasteiger partial charge on any atom is -0.355 e. The van der Waals surface area contributed by atoms with Gasteiger partial charge in [-0.1, -0.05) is 48.9 Å². The van der Waals surface area contributed by atoms with E-state index < -0.39 is 22.0 Å². The second-order valence-electron chi connectivity index (χ2n) is 8.31. The molecule has 0 bridgehead atoms. The van der Waals surface area contributed by atoms with Crippen LogP contribution in [-0.2, 0) is 26.2 Å². The van der Waals surface area contributed by atoms with E-state index in [0.717, 1.165) is 15.4 Å². The zero-order chi connectivity index (χ0) is 24.9. The molecule has 8 nitrogen and oxygen atoms in total. The minimum absolute atomic E-state index is 0.00499. The quantitative estimate of drug-likeness (QED) is 0.557. The third-order valence-corrected chi connectivity index (χ3v) is 7.71. The normalized spacial score (nSPS) is 15.0. The molecule has 3 rings (SSSR count). The van der Waals surface area contributed by atoms with Gasteiger partial charge in [0.1, 0.15) is 10.9 Å². The Hall–Kier alpha value is -3.20. The van der Waals surface area contributed by atoms with Gasteiger partial charge in [-0.2, -0.15) is 0 Å². The van der Waals surface area contributed by atoms with Crippen LogP contribution in [0.2, 0.25) is 0 Å². The molecule has 0 aliphatic carbocycles. The number of nitrogens with zero attached hydrogens (tertiary/aromatic N) is 2. The molecule has 9 heteroatoms. The lowest BCUT2D eigenvalue weighted by molar-refractivity contribution is -0.141. The molecule has 1 aliphatic heterocycles. The Morgan fingerprint density at radius 1 is 1.06 bits per heavy atom. The van der Waals surface area contributed by atoms with Crippen molar-refractivity contribution in [2.45, 2.75) is 57.5 Å². The molecule has 1 atom stereocenters. The number of likely N-dealkylation sites (N-methyl/N-ethyl adjacent to an activating group) is 1. The zero-order valence-corrected chi connectivity index (χ0v) is 20.6. The van der Waals surface area contributed by atoms with Crippen molar-refractivity contribution in [3.63, 3.8) is 0 Å². The SMILES string of the molecule is CCNC(=O)[C@@H](CC)N(Cc1ccc(C)cc1)C(=O)CCCN1C(=O)c2ccccc2S1(=O)=O. The molecule has 0 unspecified atom stereocenters. The lowest BCUT2D eigenvalue weighted by Crippen LogP contribution is -2.49. The highest BCUT2D eigenvalue weighted by Gasteiger charge is 2.40. The predicted molar refractivity (Wildman–Crippen MR) is 128 cm³/mol. The van der Waals surface area contributed by atoms with Crippen molar-refractivity contribution in [3.8, 4) is 0 Å². The molecule has 2 aromatic carbocycles. The smallest absolute Gasteiger partial charge is 0.269 e. The summed E-state index contributed by atoms with van der Waals surface area (Å²) in [5, 5.41) is 2.79. The maximum atomic E-state index is 13.3. The fourth-order valence-corrected chi connectivity index (χ4v) is 5.68. The van der Waals surface area contributed by atoms with Gasteiger partial charge >= 0.3 is 0 Å². The zero-order valence-electron chi connectivity index (χ0n) is 19.8. The fourth-order valence-electron chi connectivity index (χ4n) is 4.07. The van der Waals surface area contributed by atoms with Crippen LogP contribution in [0.3, 0.4) is 0 Å². The largest absolute Gasteiger partial charge is 0.355 e. The van der Waals surface area contributed by atoms with E-state index >= 15 is 0 Å². The first-order valence-electron chi connectivity index (χ1n) is 11.5. The summed E-state index contributed by atoms with van der Waals surface area (Å²) in [6.45, 7) is 6.27. The lowest BCUT2D eigenvalue weighted by atomic mass is 10.1. The van der Waals surface area contributed by atoms with Crippen LogP contribution in [0.4, 0.5) is 0 Å². The van der Waals surface area contributed by atoms with Gasteiger partial charge in [0, 0.05) is 26.1 Å². The van der Waals surface area contributed by atoms with E-state index in [1.54, 1.807) is 17.0 Å². The Morgan fingerprint density at radius 3 is 2.35 bits per heavy atom. The molecule has 3 amide bonds. The van der Waals surface area contributed by atoms with E-state index in [1.165, 1.54) is 12.1 Å². The Kier molecular flexibility index (Phi) is 8.09. The third-order valence-electron chi connectivity index (χ3n) is 5.87. The molecule has 1 aliphatic rings. The van der Waals surface area contributed by atoms with Gasteiger partial charge in [-0.05, 0) is 44.4 Å². The van der Waals surface area contributed by atoms with Crippen LogP contribution in [0.1, 0.15) is 54.6 Å². The highest BCUT2D eigenvalue weighted by Crippen LogP contribution is 2.30. The van der Waals surface area contributed by atoms with Crippen LogP contribution in [0.5, 0.6) is 0 Å². The van der Waals surface area contributed by atoms with E-state index in [-0.39, 0.29) is 48.2 Å². The first kappa shape index (κ1) is 25.4. The van der Waals surface area contributed by atoms with Gasteiger partial charge in [0.2, 0.25) is 11.8 Å². The van der Waals surface area contributed by atoms with E-state index in [4.69, 9.17) is 0 Å². The Balaban J connectivity index is 1.73. The number of hydrogen-bond donors (Lipinski definition) is 1. The maximum Gasteiger partial charge on any atom is 0.269 e. The van der Waals surface area contributed by atoms with Gasteiger partial charge in [-0.3, -0.25) is 14.4 Å². The Labute approximate surface area is 201 Å². The summed E-state index contributed by atoms with van der Waals surface area (Å²) in [7, 11) is -3.91. The van der Waals surface area contributed by atoms with Gasteiger partial charge in [-0.25, -0.2) is 12.7 Å². The fraction of sp³-hybridized carbons (Fsp3) is 0.400. The predicted octanol–water partition coefficient (Wildman–Crippen LogP) is 2.86. The van der Waals surface area contributed by atoms with Crippen molar-refractivity contribution in [1.29, 1.82) is 0 Å². The molecular formula is C25H31N3O5S. The molecule has 34 heavy (non-hydrogen) atoms. The molecule has 0 fully saturated rings. The minimum atomic E-state index is -3.91. The molecule has 0 radical (unpaired) electrons. The second-order valence-corrected chi connectivity index (χ2v) is 10.1. The highest BCUT2D eigenvalue weighted by atomic mass is 32.2. The van der Waals surface area contributed by atoms with Crippen molar-refractivity contribution in [2.24, 2.45) is 0 Å². The van der Waals surface area contributed by atoms with E-state index in [9.17, 15) is 22.8 Å². The molecule has 0 saturated heterocycles. The average Bonchev–Trinajstić information content (AvgIpc) is 3.01. The Morgan fingerprint density at radius 2 is 1.74 bits per heavy atom. The van der Waals surface area contributed by atoms with Crippen molar-refractivity contribution < 1.29 is 22.8 Å². The molecule has 0 spiro atoms. The number of carbonyl (C=O) groups is 3. The van der Waals surface area contributed by atoms with Crippen LogP contribution in [0.25, 0.3) is 0 Å². The van der Waals surface area contributed by atoms with Gasteiger partial charge in [0.15, 0.2) is 0 Å². The summed E-state index contributed by atoms with van der Waals surface area (Å²) in [6.07, 6.45) is 0.614. The monoisotopic (exact) mass is 485 g/mol. The van der Waals surface area contributed by atoms with E-state index in [1.807, 2.05) is 45.0 Å². The van der Waals surface area contributed by atoms with Crippen molar-refractivity contribution in [3.05, 3.63) is 65.2 Å². The van der Waals surface area contributed by atoms with Crippen LogP contribution in [0, 0.1) is 6.92 Å². The number of aryl methyl sites for hydroxylation is 1. The highest BCUT2D eigenvalue weighted by molar-refractivity contribution is 7.90. The van der Waals surface area contributed by atoms with Crippen LogP contribution in [-0.4, -0.2) is 54.5 Å². The number of benzene rings is 2. The van der Waals surface area contributed by atoms with E-state index in [0.29, 0.717) is 13.0 Å². The molecule has 0 aromatic heterocycles. The summed E-state index contributed by atoms with van der Waals surface area (Å²) in [5.41, 5.74) is 2.14. The molecule has 1 N–H and O–H groups in total. The molecule has 0 saturated carbocycles. The maximum absolute atomic E-state index is 13.3. The first-order chi connectivity index (χ1) is 16.2. The average molecular weight is 486 g/mol. The number of hydrogen-bond acceptors (Lipinski definition) is 5. The van der Waals surface area contributed by atoms with Crippen LogP contribution in [0.15, 0.2) is 53.4 Å². The lowest BCUT2D eigenvalue weighted by Gasteiger charge is -2.31. The van der Waals surface area contributed by atoms with Crippen LogP contribution < -0.4 is 5.32 Å². The van der Waals surface area contributed by atoms with Crippen molar-refractivity contribution >= 4 is 27.7 Å². The summed E-state index contributed by atoms with van der Waals surface area (Å²) in [6, 6.07) is 13.2. The Bertz CT molecular complexity index is 1160. The van der Waals surface area contributed by atoms with E-state index in [2.05, 4.69) is 5.32 Å². The summed E-state index contributed by atoms with van der Waals surface area (Å²) in [5.74, 6) is -1.06. The number of sulfonamides is 1. The standard InChI is InChI=1S/C25H31N3O5S/c1-4-21(24(30)26-5-2)27(17-19-14-12-18(3)13-15-19)23(29)11-8-16-28-25(31)20-9-6-7-10-22(20)34(28,32)33/h6-7,9-10,12-15,21H,4-5,8,11,16-17H2,1-3H3,(H,26,30)/t21-/m1/s1. The topological polar surface area (TPSA) is 104 Å². The molecule has 182 valence electrons. The molecule has 2 aromatic rings. The summed E-state index contributed by atoms with van der Waals surface area (Å²) < 4.78 is 26.3. The first-order valence-corrected chi connectivity index (χ1v) is 12.9. The van der Waals surface area contributed by atoms with Gasteiger partial charge in [-0.15, -0.1) is 0 Å². The number of amides is 3. The second kappa shape index (κ2) is 10.8. The number of rotatable bonds is 10. The molecule has 1 heterocycles. The third kappa shape index (κ3) is 5.30. The summed E-state index contributed by atoms with van der Waals surface area (Å²) >= 11 is 0. The van der Waals surface area contributed by atoms with Gasteiger partial charge in [0.25, 0.3) is 15.9 Å². The van der Waals surface area contributed by atoms with Gasteiger partial charge < -0.3 is 10.2 Å². The van der Waals surface area contributed by atoms with Crippen molar-refractivity contribution in [2.75, 3.05) is 13.1 Å². The molecular weight excluding hydrogens is 454 g/mol. The summed E-state index contributed by atoms with van der Waals surface area (Å²) in [4.78, 5) is 40.1. The number of fused-ring (bicyclic) bond motifs is 1. The van der Waals surface area contributed by atoms with Crippen molar-refractivity contribution in [1.82, 2.24) is 14.5 Å². The van der Waals surface area contributed by atoms with Crippen LogP contribution >= 0.6 is 0 Å². The number of carbonyl (C=O) groups excluding carboxylic acids is 3. The van der Waals surface area contributed by atoms with Gasteiger partial charge in [0.05, 0.1) is 5.56 Å². The number of nitrogens with one attached hydrogen (secondary N) is 1.